The first-order valence-electron chi connectivity index (χ1n) is 12.4. The van der Waals surface area contributed by atoms with E-state index in [2.05, 4.69) is 10.6 Å². The second-order valence-corrected chi connectivity index (χ2v) is 11.6. The molecule has 4 aromatic carbocycles. The zero-order chi connectivity index (χ0) is 29.6. The van der Waals surface area contributed by atoms with Gasteiger partial charge >= 0.3 is 6.03 Å². The Bertz CT molecular complexity index is 1660. The van der Waals surface area contributed by atoms with Crippen molar-refractivity contribution in [1.82, 2.24) is 4.90 Å². The van der Waals surface area contributed by atoms with E-state index >= 15 is 4.39 Å². The molecule has 0 aliphatic heterocycles. The number of methoxy groups -OCH3 is 1. The molecule has 0 unspecified atom stereocenters. The fourth-order valence-corrected chi connectivity index (χ4v) is 5.10. The van der Waals surface area contributed by atoms with Crippen LogP contribution in [-0.4, -0.2) is 45.2 Å². The number of amides is 3. The topological polar surface area (TPSA) is 105 Å². The zero-order valence-corrected chi connectivity index (χ0v) is 23.8. The predicted octanol–water partition coefficient (Wildman–Crippen LogP) is 6.23. The molecule has 0 saturated heterocycles. The van der Waals surface area contributed by atoms with Crippen molar-refractivity contribution >= 4 is 44.8 Å². The first kappa shape index (κ1) is 29.6. The number of anilines is 2. The molecule has 0 bridgehead atoms. The molecular formula is C30H27ClFN3O5S. The van der Waals surface area contributed by atoms with Crippen molar-refractivity contribution in [2.24, 2.45) is 0 Å². The second kappa shape index (κ2) is 12.8. The SMILES string of the molecule is COc1ccc(CN(CC(=O)Nc2ccc(-c3ccccc3S(C)(=O)=O)cc2F)C(=O)Nc2ccc(Cl)cc2)cc1. The first-order chi connectivity index (χ1) is 19.5. The Labute approximate surface area is 242 Å². The first-order valence-corrected chi connectivity index (χ1v) is 14.6. The minimum Gasteiger partial charge on any atom is -0.497 e. The van der Waals surface area contributed by atoms with Gasteiger partial charge in [-0.1, -0.05) is 48.0 Å². The van der Waals surface area contributed by atoms with Gasteiger partial charge in [0.1, 0.15) is 18.1 Å². The third-order valence-electron chi connectivity index (χ3n) is 6.09. The van der Waals surface area contributed by atoms with Gasteiger partial charge in [-0.25, -0.2) is 17.6 Å². The number of hydrogen-bond donors (Lipinski definition) is 2. The lowest BCUT2D eigenvalue weighted by Gasteiger charge is -2.23. The minimum atomic E-state index is -3.55. The molecule has 4 aromatic rings. The maximum Gasteiger partial charge on any atom is 0.322 e. The van der Waals surface area contributed by atoms with Gasteiger partial charge < -0.3 is 20.3 Å². The summed E-state index contributed by atoms with van der Waals surface area (Å²) in [6.07, 6.45) is 1.08. The van der Waals surface area contributed by atoms with Gasteiger partial charge in [-0.05, 0) is 65.7 Å². The monoisotopic (exact) mass is 595 g/mol. The number of carbonyl (C=O) groups excluding carboxylic acids is 2. The fourth-order valence-electron chi connectivity index (χ4n) is 4.06. The molecule has 0 saturated carbocycles. The average Bonchev–Trinajstić information content (AvgIpc) is 2.95. The summed E-state index contributed by atoms with van der Waals surface area (Å²) in [6.45, 7) is -0.301. The third-order valence-corrected chi connectivity index (χ3v) is 7.50. The van der Waals surface area contributed by atoms with Crippen LogP contribution in [0.2, 0.25) is 5.02 Å². The van der Waals surface area contributed by atoms with Gasteiger partial charge in [0, 0.05) is 29.1 Å². The van der Waals surface area contributed by atoms with Crippen molar-refractivity contribution in [3.63, 3.8) is 0 Å². The summed E-state index contributed by atoms with van der Waals surface area (Å²) in [4.78, 5) is 27.5. The Morgan fingerprint density at radius 1 is 0.927 bits per heavy atom. The molecule has 0 aliphatic rings. The number of rotatable bonds is 9. The van der Waals surface area contributed by atoms with Crippen LogP contribution in [0.3, 0.4) is 0 Å². The number of ether oxygens (including phenoxy) is 1. The van der Waals surface area contributed by atoms with Gasteiger partial charge in [-0.2, -0.15) is 0 Å². The quantitative estimate of drug-likeness (QED) is 0.239. The molecule has 0 spiro atoms. The van der Waals surface area contributed by atoms with Crippen LogP contribution in [0.25, 0.3) is 11.1 Å². The van der Waals surface area contributed by atoms with Gasteiger partial charge in [-0.15, -0.1) is 0 Å². The molecule has 2 N–H and O–H groups in total. The van der Waals surface area contributed by atoms with Gasteiger partial charge in [0.15, 0.2) is 9.84 Å². The largest absolute Gasteiger partial charge is 0.497 e. The van der Waals surface area contributed by atoms with Crippen molar-refractivity contribution in [3.05, 3.63) is 107 Å². The van der Waals surface area contributed by atoms with Gasteiger partial charge in [-0.3, -0.25) is 4.79 Å². The smallest absolute Gasteiger partial charge is 0.322 e. The summed E-state index contributed by atoms with van der Waals surface area (Å²) >= 11 is 5.93. The highest BCUT2D eigenvalue weighted by molar-refractivity contribution is 7.90. The Balaban J connectivity index is 1.52. The molecular weight excluding hydrogens is 569 g/mol. The van der Waals surface area contributed by atoms with Crippen molar-refractivity contribution in [2.75, 3.05) is 30.5 Å². The van der Waals surface area contributed by atoms with Crippen molar-refractivity contribution < 1.29 is 27.1 Å². The summed E-state index contributed by atoms with van der Waals surface area (Å²) in [5.41, 5.74) is 1.79. The summed E-state index contributed by atoms with van der Waals surface area (Å²) < 4.78 is 44.6. The van der Waals surface area contributed by atoms with Crippen molar-refractivity contribution in [2.45, 2.75) is 11.4 Å². The highest BCUT2D eigenvalue weighted by Gasteiger charge is 2.20. The predicted molar refractivity (Wildman–Crippen MR) is 157 cm³/mol. The Kier molecular flexibility index (Phi) is 9.26. The van der Waals surface area contributed by atoms with E-state index in [9.17, 15) is 18.0 Å². The van der Waals surface area contributed by atoms with E-state index in [1.54, 1.807) is 73.8 Å². The van der Waals surface area contributed by atoms with Crippen LogP contribution >= 0.6 is 11.6 Å². The lowest BCUT2D eigenvalue weighted by Crippen LogP contribution is -2.40. The van der Waals surface area contributed by atoms with Crippen molar-refractivity contribution in [3.8, 4) is 16.9 Å². The number of halogens is 2. The van der Waals surface area contributed by atoms with Crippen LogP contribution in [0.1, 0.15) is 5.56 Å². The maximum atomic E-state index is 15.1. The molecule has 0 heterocycles. The van der Waals surface area contributed by atoms with E-state index in [4.69, 9.17) is 16.3 Å². The van der Waals surface area contributed by atoms with Gasteiger partial charge in [0.2, 0.25) is 5.91 Å². The highest BCUT2D eigenvalue weighted by Crippen LogP contribution is 2.30. The molecule has 0 radical (unpaired) electrons. The fraction of sp³-hybridized carbons (Fsp3) is 0.133. The Hall–Kier alpha value is -4.41. The third kappa shape index (κ3) is 7.84. The van der Waals surface area contributed by atoms with Gasteiger partial charge in [0.05, 0.1) is 17.7 Å². The van der Waals surface area contributed by atoms with E-state index < -0.39 is 27.6 Å². The van der Waals surface area contributed by atoms with Crippen LogP contribution in [0.5, 0.6) is 5.75 Å². The second-order valence-electron chi connectivity index (χ2n) is 9.15. The number of nitrogens with one attached hydrogen (secondary N) is 2. The Morgan fingerprint density at radius 2 is 1.61 bits per heavy atom. The van der Waals surface area contributed by atoms with Crippen LogP contribution < -0.4 is 15.4 Å². The molecule has 8 nitrogen and oxygen atoms in total. The maximum absolute atomic E-state index is 15.1. The summed E-state index contributed by atoms with van der Waals surface area (Å²) in [5, 5.41) is 5.74. The number of carbonyl (C=O) groups is 2. The van der Waals surface area contributed by atoms with Crippen LogP contribution in [0.4, 0.5) is 20.6 Å². The summed E-state index contributed by atoms with van der Waals surface area (Å²) in [7, 11) is -2.01. The number of sulfone groups is 1. The molecule has 11 heteroatoms. The van der Waals surface area contributed by atoms with E-state index in [0.717, 1.165) is 17.9 Å². The number of benzene rings is 4. The molecule has 0 aliphatic carbocycles. The number of hydrogen-bond acceptors (Lipinski definition) is 5. The summed E-state index contributed by atoms with van der Waals surface area (Å²) in [6, 6.07) is 23.3. The lowest BCUT2D eigenvalue weighted by atomic mass is 10.0. The molecule has 4 rings (SSSR count). The zero-order valence-electron chi connectivity index (χ0n) is 22.2. The highest BCUT2D eigenvalue weighted by atomic mass is 35.5. The van der Waals surface area contributed by atoms with E-state index in [1.165, 1.54) is 23.1 Å². The van der Waals surface area contributed by atoms with E-state index in [1.807, 2.05) is 0 Å². The molecule has 3 amide bonds. The molecule has 41 heavy (non-hydrogen) atoms. The van der Waals surface area contributed by atoms with Crippen LogP contribution in [0, 0.1) is 5.82 Å². The minimum absolute atomic E-state index is 0.0667. The molecule has 212 valence electrons. The number of urea groups is 1. The lowest BCUT2D eigenvalue weighted by molar-refractivity contribution is -0.116. The van der Waals surface area contributed by atoms with E-state index in [0.29, 0.717) is 27.6 Å². The van der Waals surface area contributed by atoms with Crippen LogP contribution in [-0.2, 0) is 21.2 Å². The van der Waals surface area contributed by atoms with Crippen molar-refractivity contribution in [1.29, 1.82) is 0 Å². The molecule has 0 fully saturated rings. The normalized spacial score (nSPS) is 11.0. The molecule has 0 aromatic heterocycles. The van der Waals surface area contributed by atoms with E-state index in [-0.39, 0.29) is 23.7 Å². The standard InChI is InChI=1S/C30H27ClFN3O5S/c1-40-24-14-7-20(8-15-24)18-35(30(37)33-23-12-10-22(31)11-13-23)19-29(36)34-27-16-9-21(17-26(27)32)25-5-3-4-6-28(25)41(2,38)39/h3-17H,18-19H2,1-2H3,(H,33,37)(H,34,36). The average molecular weight is 596 g/mol. The molecule has 0 atom stereocenters. The number of nitrogens with zero attached hydrogens (tertiary/aromatic N) is 1. The summed E-state index contributed by atoms with van der Waals surface area (Å²) in [5.74, 6) is -0.749. The Morgan fingerprint density at radius 3 is 2.24 bits per heavy atom. The van der Waals surface area contributed by atoms with Crippen LogP contribution in [0.15, 0.2) is 95.9 Å². The van der Waals surface area contributed by atoms with Gasteiger partial charge in [0.25, 0.3) is 0 Å².